The molecule has 2 aliphatic rings. The van der Waals surface area contributed by atoms with Crippen LogP contribution in [-0.4, -0.2) is 19.0 Å². The number of nitrogens with zero attached hydrogens (tertiary/aromatic N) is 1. The first-order valence-electron chi connectivity index (χ1n) is 7.86. The van der Waals surface area contributed by atoms with Crippen molar-refractivity contribution in [2.75, 3.05) is 7.05 Å². The standard InChI is InChI=1S/C16H25N3O.HI/c1-17-16(18-11-13-8-5-9-20-13)19-15-10-14(15)12-6-3-2-4-7-12;/h5,8-9,12,14-15H,2-4,6-7,10-11H2,1H3,(H2,17,18,19);1H/t14-,15+;/m0./s1. The quantitative estimate of drug-likeness (QED) is 0.460. The van der Waals surface area contributed by atoms with Gasteiger partial charge in [0.25, 0.3) is 0 Å². The summed E-state index contributed by atoms with van der Waals surface area (Å²) >= 11 is 0. The van der Waals surface area contributed by atoms with E-state index < -0.39 is 0 Å². The van der Waals surface area contributed by atoms with Crippen LogP contribution < -0.4 is 10.6 Å². The molecule has 0 unspecified atom stereocenters. The second-order valence-corrected chi connectivity index (χ2v) is 6.05. The van der Waals surface area contributed by atoms with Crippen molar-refractivity contribution in [3.05, 3.63) is 24.2 Å². The van der Waals surface area contributed by atoms with Crippen LogP contribution in [0.25, 0.3) is 0 Å². The summed E-state index contributed by atoms with van der Waals surface area (Å²) in [4.78, 5) is 4.30. The first-order valence-corrected chi connectivity index (χ1v) is 7.86. The summed E-state index contributed by atoms with van der Waals surface area (Å²) in [6.07, 6.45) is 10.2. The average Bonchev–Trinajstić information content (AvgIpc) is 3.06. The maximum atomic E-state index is 5.32. The van der Waals surface area contributed by atoms with E-state index in [1.807, 2.05) is 19.2 Å². The molecule has 2 aliphatic carbocycles. The van der Waals surface area contributed by atoms with Crippen molar-refractivity contribution < 1.29 is 4.42 Å². The van der Waals surface area contributed by atoms with Crippen LogP contribution >= 0.6 is 24.0 Å². The van der Waals surface area contributed by atoms with Gasteiger partial charge in [0.05, 0.1) is 12.8 Å². The van der Waals surface area contributed by atoms with Crippen molar-refractivity contribution in [2.24, 2.45) is 16.8 Å². The van der Waals surface area contributed by atoms with E-state index in [0.29, 0.717) is 12.6 Å². The van der Waals surface area contributed by atoms with Gasteiger partial charge in [-0.15, -0.1) is 24.0 Å². The lowest BCUT2D eigenvalue weighted by Gasteiger charge is -2.22. The topological polar surface area (TPSA) is 49.6 Å². The van der Waals surface area contributed by atoms with Crippen molar-refractivity contribution in [2.45, 2.75) is 51.1 Å². The van der Waals surface area contributed by atoms with Crippen molar-refractivity contribution in [3.8, 4) is 0 Å². The summed E-state index contributed by atoms with van der Waals surface area (Å²) < 4.78 is 5.32. The molecule has 3 rings (SSSR count). The molecule has 0 saturated heterocycles. The van der Waals surface area contributed by atoms with E-state index in [-0.39, 0.29) is 24.0 Å². The molecule has 0 aliphatic heterocycles. The van der Waals surface area contributed by atoms with E-state index in [9.17, 15) is 0 Å². The van der Waals surface area contributed by atoms with E-state index in [1.54, 1.807) is 6.26 Å². The molecule has 2 atom stereocenters. The van der Waals surface area contributed by atoms with Gasteiger partial charge in [0, 0.05) is 13.1 Å². The first-order chi connectivity index (χ1) is 9.86. The molecule has 2 saturated carbocycles. The van der Waals surface area contributed by atoms with Crippen LogP contribution in [0.3, 0.4) is 0 Å². The molecule has 0 bridgehead atoms. The Balaban J connectivity index is 0.00000161. The maximum absolute atomic E-state index is 5.32. The van der Waals surface area contributed by atoms with Crippen LogP contribution in [-0.2, 0) is 6.54 Å². The summed E-state index contributed by atoms with van der Waals surface area (Å²) in [6.45, 7) is 0.688. The van der Waals surface area contributed by atoms with E-state index in [2.05, 4.69) is 15.6 Å². The fourth-order valence-electron chi connectivity index (χ4n) is 3.42. The van der Waals surface area contributed by atoms with Gasteiger partial charge in [0.15, 0.2) is 5.96 Å². The van der Waals surface area contributed by atoms with Crippen LogP contribution in [0.2, 0.25) is 0 Å². The first kappa shape index (κ1) is 16.6. The number of rotatable bonds is 4. The molecule has 21 heavy (non-hydrogen) atoms. The fourth-order valence-corrected chi connectivity index (χ4v) is 3.42. The van der Waals surface area contributed by atoms with Gasteiger partial charge in [-0.05, 0) is 30.4 Å². The Kier molecular flexibility index (Phi) is 6.39. The molecule has 2 N–H and O–H groups in total. The molecule has 0 radical (unpaired) electrons. The zero-order valence-corrected chi connectivity index (χ0v) is 15.0. The van der Waals surface area contributed by atoms with Gasteiger partial charge in [0.1, 0.15) is 5.76 Å². The van der Waals surface area contributed by atoms with Crippen molar-refractivity contribution in [1.29, 1.82) is 0 Å². The highest BCUT2D eigenvalue weighted by atomic mass is 127. The number of furan rings is 1. The Bertz CT molecular complexity index is 440. The minimum atomic E-state index is 0. The Hall–Kier alpha value is -0.720. The molecule has 1 heterocycles. The molecule has 0 spiro atoms. The van der Waals surface area contributed by atoms with Crippen molar-refractivity contribution >= 4 is 29.9 Å². The van der Waals surface area contributed by atoms with Crippen molar-refractivity contribution in [3.63, 3.8) is 0 Å². The Labute approximate surface area is 144 Å². The van der Waals surface area contributed by atoms with Crippen LogP contribution in [0.4, 0.5) is 0 Å². The number of nitrogens with one attached hydrogen (secondary N) is 2. The highest BCUT2D eigenvalue weighted by molar-refractivity contribution is 14.0. The molecular weight excluding hydrogens is 377 g/mol. The van der Waals surface area contributed by atoms with E-state index in [4.69, 9.17) is 4.42 Å². The maximum Gasteiger partial charge on any atom is 0.191 e. The predicted molar refractivity (Wildman–Crippen MR) is 95.9 cm³/mol. The Morgan fingerprint density at radius 1 is 1.33 bits per heavy atom. The van der Waals surface area contributed by atoms with Crippen LogP contribution in [0.15, 0.2) is 27.8 Å². The summed E-state index contributed by atoms with van der Waals surface area (Å²) in [5.41, 5.74) is 0. The van der Waals surface area contributed by atoms with Crippen LogP contribution in [0.1, 0.15) is 44.3 Å². The summed E-state index contributed by atoms with van der Waals surface area (Å²) in [7, 11) is 1.83. The van der Waals surface area contributed by atoms with E-state index >= 15 is 0 Å². The second-order valence-electron chi connectivity index (χ2n) is 6.05. The molecule has 118 valence electrons. The van der Waals surface area contributed by atoms with Crippen LogP contribution in [0.5, 0.6) is 0 Å². The number of hydrogen-bond acceptors (Lipinski definition) is 2. The molecule has 1 aromatic rings. The molecule has 1 aromatic heterocycles. The number of halogens is 1. The predicted octanol–water partition coefficient (Wildman–Crippen LogP) is 3.53. The average molecular weight is 403 g/mol. The highest BCUT2D eigenvalue weighted by Crippen LogP contribution is 2.44. The van der Waals surface area contributed by atoms with Gasteiger partial charge >= 0.3 is 0 Å². The Morgan fingerprint density at radius 2 is 2.14 bits per heavy atom. The van der Waals surface area contributed by atoms with E-state index in [0.717, 1.165) is 23.6 Å². The number of aliphatic imine (C=N–C) groups is 1. The highest BCUT2D eigenvalue weighted by Gasteiger charge is 2.43. The largest absolute Gasteiger partial charge is 0.467 e. The number of guanidine groups is 1. The molecule has 0 amide bonds. The smallest absolute Gasteiger partial charge is 0.191 e. The van der Waals surface area contributed by atoms with Crippen molar-refractivity contribution in [1.82, 2.24) is 10.6 Å². The fraction of sp³-hybridized carbons (Fsp3) is 0.688. The van der Waals surface area contributed by atoms with Crippen LogP contribution in [0, 0.1) is 11.8 Å². The third-order valence-corrected chi connectivity index (χ3v) is 4.65. The molecule has 4 nitrogen and oxygen atoms in total. The molecular formula is C16H26IN3O. The minimum absolute atomic E-state index is 0. The number of hydrogen-bond donors (Lipinski definition) is 2. The molecule has 0 aromatic carbocycles. The third-order valence-electron chi connectivity index (χ3n) is 4.65. The van der Waals surface area contributed by atoms with E-state index in [1.165, 1.54) is 38.5 Å². The lowest BCUT2D eigenvalue weighted by Crippen LogP contribution is -2.39. The van der Waals surface area contributed by atoms with Gasteiger partial charge in [-0.25, -0.2) is 0 Å². The lowest BCUT2D eigenvalue weighted by atomic mass is 9.85. The summed E-state index contributed by atoms with van der Waals surface area (Å²) in [5.74, 6) is 3.65. The lowest BCUT2D eigenvalue weighted by molar-refractivity contribution is 0.315. The minimum Gasteiger partial charge on any atom is -0.467 e. The van der Waals surface area contributed by atoms with Gasteiger partial charge in [-0.1, -0.05) is 32.1 Å². The van der Waals surface area contributed by atoms with Gasteiger partial charge in [-0.2, -0.15) is 0 Å². The summed E-state index contributed by atoms with van der Waals surface area (Å²) in [6, 6.07) is 4.51. The monoisotopic (exact) mass is 403 g/mol. The molecule has 5 heteroatoms. The zero-order chi connectivity index (χ0) is 13.8. The Morgan fingerprint density at radius 3 is 2.81 bits per heavy atom. The SMILES string of the molecule is CN=C(NCc1ccco1)N[C@@H]1C[C@H]1C1CCCCC1.I. The second kappa shape index (κ2) is 8.06. The third kappa shape index (κ3) is 4.63. The van der Waals surface area contributed by atoms with Gasteiger partial charge < -0.3 is 15.1 Å². The van der Waals surface area contributed by atoms with Gasteiger partial charge in [0.2, 0.25) is 0 Å². The summed E-state index contributed by atoms with van der Waals surface area (Å²) in [5, 5.41) is 6.86. The van der Waals surface area contributed by atoms with Gasteiger partial charge in [-0.3, -0.25) is 4.99 Å². The zero-order valence-electron chi connectivity index (χ0n) is 12.7. The molecule has 2 fully saturated rings. The normalized spacial score (nSPS) is 26.0.